The largest absolute Gasteiger partial charge is 0.467 e. The predicted molar refractivity (Wildman–Crippen MR) is 223 cm³/mol. The molecule has 10 heterocycles. The number of nitrogens with zero attached hydrogens (tertiary/aromatic N) is 18. The molecule has 4 atom stereocenters. The fourth-order valence-electron chi connectivity index (χ4n) is 8.35. The summed E-state index contributed by atoms with van der Waals surface area (Å²) in [5, 5.41) is 54.1. The van der Waals surface area contributed by atoms with E-state index in [0.29, 0.717) is 72.9 Å². The van der Waals surface area contributed by atoms with Crippen LogP contribution in [0.15, 0.2) is 61.4 Å². The average molecular weight is 871 g/mol. The summed E-state index contributed by atoms with van der Waals surface area (Å²) in [6.07, 6.45) is 12.3. The number of rotatable bonds is 12. The number of carbonyl (C=O) groups excluding carboxylic acids is 2. The molecule has 2 saturated heterocycles. The fraction of sp³-hybridized carbons (Fsp3) is 0.421. The summed E-state index contributed by atoms with van der Waals surface area (Å²) < 4.78 is 15.2. The molecule has 0 amide bonds. The highest BCUT2D eigenvalue weighted by molar-refractivity contribution is 5.82. The molecule has 0 aromatic carbocycles. The van der Waals surface area contributed by atoms with Crippen LogP contribution in [0.1, 0.15) is 73.8 Å². The molecule has 4 aliphatic rings. The van der Waals surface area contributed by atoms with Crippen LogP contribution in [0.2, 0.25) is 0 Å². The lowest BCUT2D eigenvalue weighted by atomic mass is 10.2. The van der Waals surface area contributed by atoms with Gasteiger partial charge in [-0.3, -0.25) is 10.2 Å². The molecule has 0 unspecified atom stereocenters. The number of aromatic amines is 2. The van der Waals surface area contributed by atoms with Gasteiger partial charge in [-0.1, -0.05) is 0 Å². The maximum Gasteiger partial charge on any atom is 0.328 e. The van der Waals surface area contributed by atoms with E-state index in [2.05, 4.69) is 72.2 Å². The maximum absolute atomic E-state index is 12.6. The molecule has 0 bridgehead atoms. The highest BCUT2D eigenvalue weighted by atomic mass is 16.5. The number of nitrogens with one attached hydrogen (secondary N) is 4. The molecule has 64 heavy (non-hydrogen) atoms. The van der Waals surface area contributed by atoms with Crippen LogP contribution in [0.5, 0.6) is 0 Å². The van der Waals surface area contributed by atoms with Crippen molar-refractivity contribution in [3.8, 4) is 0 Å². The number of methoxy groups -OCH3 is 2. The Hall–Kier alpha value is -8.06. The van der Waals surface area contributed by atoms with E-state index in [-0.39, 0.29) is 24.0 Å². The van der Waals surface area contributed by atoms with E-state index in [1.807, 2.05) is 58.6 Å². The van der Waals surface area contributed by atoms with Gasteiger partial charge in [-0.05, 0) is 65.6 Å². The molecule has 2 saturated carbocycles. The summed E-state index contributed by atoms with van der Waals surface area (Å²) in [6.45, 7) is 0.905. The van der Waals surface area contributed by atoms with Gasteiger partial charge >= 0.3 is 11.9 Å². The lowest BCUT2D eigenvalue weighted by Gasteiger charge is -2.23. The summed E-state index contributed by atoms with van der Waals surface area (Å²) in [5.74, 6) is 3.80. The van der Waals surface area contributed by atoms with Crippen molar-refractivity contribution in [1.82, 2.24) is 90.0 Å². The molecule has 12 rings (SSSR count). The number of anilines is 6. The molecule has 2 aliphatic heterocycles. The van der Waals surface area contributed by atoms with Gasteiger partial charge in [-0.15, -0.1) is 25.5 Å². The van der Waals surface area contributed by atoms with Gasteiger partial charge in [-0.25, -0.2) is 23.3 Å². The average Bonchev–Trinajstić information content (AvgIpc) is 3.93. The summed E-state index contributed by atoms with van der Waals surface area (Å²) in [7, 11) is 2.75. The SMILES string of the molecule is COC(=O)[C@@H]1C[C@H](n2cnnn2)CN1c1nc(Nc2cc(C3CC3)[nH]n2)c2cccn2n1.COC(=O)[C@@H]1C[C@H](n2ncnn2)CN1c1nc(Nc2cc(C3CC3)[nH]n2)c2cccn2n1. The second kappa shape index (κ2) is 16.0. The summed E-state index contributed by atoms with van der Waals surface area (Å²) in [5.41, 5.74) is 3.85. The van der Waals surface area contributed by atoms with Crippen molar-refractivity contribution < 1.29 is 19.1 Å². The van der Waals surface area contributed by atoms with Crippen LogP contribution in [0.4, 0.5) is 35.2 Å². The fourth-order valence-corrected chi connectivity index (χ4v) is 8.35. The van der Waals surface area contributed by atoms with E-state index in [0.717, 1.165) is 22.4 Å². The zero-order valence-electron chi connectivity index (χ0n) is 34.6. The van der Waals surface area contributed by atoms with Crippen molar-refractivity contribution in [3.63, 3.8) is 0 Å². The first kappa shape index (κ1) is 38.8. The van der Waals surface area contributed by atoms with Crippen LogP contribution in [0.25, 0.3) is 11.0 Å². The normalized spacial score (nSPS) is 20.7. The van der Waals surface area contributed by atoms with Crippen molar-refractivity contribution >= 4 is 58.1 Å². The molecule has 2 aliphatic carbocycles. The molecule has 26 heteroatoms. The first-order valence-electron chi connectivity index (χ1n) is 20.9. The van der Waals surface area contributed by atoms with Crippen molar-refractivity contribution in [1.29, 1.82) is 0 Å². The number of ether oxygens (including phenoxy) is 2. The molecule has 8 aromatic heterocycles. The van der Waals surface area contributed by atoms with Gasteiger partial charge in [-0.2, -0.15) is 25.0 Å². The van der Waals surface area contributed by atoms with Gasteiger partial charge in [0.25, 0.3) is 0 Å². The van der Waals surface area contributed by atoms with Crippen molar-refractivity contribution in [3.05, 3.63) is 72.8 Å². The highest BCUT2D eigenvalue weighted by Gasteiger charge is 2.42. The molecule has 8 aromatic rings. The second-order valence-electron chi connectivity index (χ2n) is 16.1. The third-order valence-corrected chi connectivity index (χ3v) is 11.9. The number of hydrogen-bond donors (Lipinski definition) is 4. The van der Waals surface area contributed by atoms with E-state index in [9.17, 15) is 9.59 Å². The first-order chi connectivity index (χ1) is 31.4. The van der Waals surface area contributed by atoms with Crippen molar-refractivity contribution in [2.75, 3.05) is 47.7 Å². The number of H-pyrrole nitrogens is 2. The number of carbonyl (C=O) groups is 2. The molecule has 4 fully saturated rings. The van der Waals surface area contributed by atoms with Gasteiger partial charge in [0.2, 0.25) is 11.9 Å². The zero-order chi connectivity index (χ0) is 43.3. The van der Waals surface area contributed by atoms with Gasteiger partial charge < -0.3 is 29.9 Å². The summed E-state index contributed by atoms with van der Waals surface area (Å²) in [4.78, 5) is 39.8. The Bertz CT molecular complexity index is 2720. The number of fused-ring (bicyclic) bond motifs is 2. The minimum absolute atomic E-state index is 0.109. The lowest BCUT2D eigenvalue weighted by molar-refractivity contribution is -0.142. The molecule has 4 N–H and O–H groups in total. The Morgan fingerprint density at radius 1 is 0.719 bits per heavy atom. The van der Waals surface area contributed by atoms with Gasteiger partial charge in [0.15, 0.2) is 29.6 Å². The number of esters is 2. The van der Waals surface area contributed by atoms with Gasteiger partial charge in [0, 0.05) is 73.7 Å². The smallest absolute Gasteiger partial charge is 0.328 e. The summed E-state index contributed by atoms with van der Waals surface area (Å²) in [6, 6.07) is 10.3. The molecule has 26 nitrogen and oxygen atoms in total. The van der Waals surface area contributed by atoms with Crippen molar-refractivity contribution in [2.24, 2.45) is 0 Å². The Labute approximate surface area is 361 Å². The van der Waals surface area contributed by atoms with E-state index in [1.165, 1.54) is 51.0 Å². The third-order valence-electron chi connectivity index (χ3n) is 11.9. The third kappa shape index (κ3) is 7.50. The zero-order valence-corrected chi connectivity index (χ0v) is 34.6. The number of hydrogen-bond acceptors (Lipinski definition) is 20. The molecule has 0 radical (unpaired) electrons. The summed E-state index contributed by atoms with van der Waals surface area (Å²) >= 11 is 0. The maximum atomic E-state index is 12.6. The molecule has 0 spiro atoms. The number of aromatic nitrogens is 18. The Morgan fingerprint density at radius 2 is 1.27 bits per heavy atom. The topological polar surface area (TPSA) is 288 Å². The van der Waals surface area contributed by atoms with E-state index < -0.39 is 12.1 Å². The molecular formula is C38H42N22O4. The molecular weight excluding hydrogens is 829 g/mol. The van der Waals surface area contributed by atoms with Crippen LogP contribution in [0, 0.1) is 0 Å². The van der Waals surface area contributed by atoms with Crippen LogP contribution in [-0.4, -0.2) is 141 Å². The first-order valence-corrected chi connectivity index (χ1v) is 20.9. The van der Waals surface area contributed by atoms with E-state index in [1.54, 1.807) is 20.0 Å². The minimum Gasteiger partial charge on any atom is -0.467 e. The predicted octanol–water partition coefficient (Wildman–Crippen LogP) is 2.11. The van der Waals surface area contributed by atoms with Crippen LogP contribution >= 0.6 is 0 Å². The van der Waals surface area contributed by atoms with Crippen LogP contribution in [-0.2, 0) is 19.1 Å². The monoisotopic (exact) mass is 870 g/mol. The van der Waals surface area contributed by atoms with Gasteiger partial charge in [0.1, 0.15) is 29.4 Å². The van der Waals surface area contributed by atoms with E-state index >= 15 is 0 Å². The second-order valence-corrected chi connectivity index (χ2v) is 16.1. The minimum atomic E-state index is -0.566. The highest BCUT2D eigenvalue weighted by Crippen LogP contribution is 2.41. The van der Waals surface area contributed by atoms with E-state index in [4.69, 9.17) is 19.4 Å². The Morgan fingerprint density at radius 3 is 1.75 bits per heavy atom. The number of tetrazole rings is 2. The van der Waals surface area contributed by atoms with Crippen LogP contribution in [0.3, 0.4) is 0 Å². The van der Waals surface area contributed by atoms with Gasteiger partial charge in [0.05, 0.1) is 26.3 Å². The molecule has 328 valence electrons. The van der Waals surface area contributed by atoms with Crippen LogP contribution < -0.4 is 20.4 Å². The standard InChI is InChI=1S/2C19H21N11O2/c1-32-18(31)15-7-12(30-10-20-26-27-30)9-28(15)19-22-17(14-3-2-6-29(14)25-19)21-16-8-13(23-24-16)11-4-5-11;1-32-18(31)15-7-12(30-21-10-20-27-30)9-28(15)19-23-17(14-3-2-6-29(14)26-19)22-16-8-13(24-25-16)11-4-5-11/h2-3,6,8,10-12,15H,4-5,7,9H2,1H3,(H2,21,22,23,24,25);2-3,6,8,10-12,15H,4-5,7,9H2,1H3,(H2,22,23,24,25,26)/t2*12-,15-/m00/s1. The lowest BCUT2D eigenvalue weighted by Crippen LogP contribution is -2.38. The quantitative estimate of drug-likeness (QED) is 0.128. The van der Waals surface area contributed by atoms with Crippen molar-refractivity contribution in [2.45, 2.75) is 74.5 Å². The Kier molecular flexibility index (Phi) is 9.71. The Balaban J connectivity index is 0.000000143.